The van der Waals surface area contributed by atoms with E-state index >= 15 is 0 Å². The van der Waals surface area contributed by atoms with Crippen LogP contribution in [0.4, 0.5) is 14.5 Å². The molecule has 2 aliphatic rings. The Morgan fingerprint density at radius 1 is 1.05 bits per heavy atom. The zero-order valence-corrected chi connectivity index (χ0v) is 23.5. The van der Waals surface area contributed by atoms with Crippen molar-refractivity contribution in [3.63, 3.8) is 0 Å². The van der Waals surface area contributed by atoms with Gasteiger partial charge in [0.1, 0.15) is 17.9 Å². The lowest BCUT2D eigenvalue weighted by atomic mass is 9.89. The number of anilines is 1. The number of nitrogens with zero attached hydrogens (tertiary/aromatic N) is 3. The minimum absolute atomic E-state index is 0.0561. The van der Waals surface area contributed by atoms with E-state index in [4.69, 9.17) is 4.74 Å². The van der Waals surface area contributed by atoms with E-state index < -0.39 is 23.0 Å². The van der Waals surface area contributed by atoms with Crippen molar-refractivity contribution in [2.24, 2.45) is 0 Å². The van der Waals surface area contributed by atoms with Crippen molar-refractivity contribution in [1.29, 1.82) is 0 Å². The molecule has 10 heteroatoms. The molecule has 8 nitrogen and oxygen atoms in total. The number of ether oxygens (including phenoxy) is 1. The normalized spacial score (nSPS) is 16.8. The molecule has 2 aromatic carbocycles. The van der Waals surface area contributed by atoms with Crippen molar-refractivity contribution < 1.29 is 23.1 Å². The van der Waals surface area contributed by atoms with Crippen molar-refractivity contribution in [2.75, 3.05) is 25.0 Å². The van der Waals surface area contributed by atoms with E-state index in [1.54, 1.807) is 29.7 Å². The van der Waals surface area contributed by atoms with Gasteiger partial charge < -0.3 is 19.5 Å². The predicted molar refractivity (Wildman–Crippen MR) is 154 cm³/mol. The summed E-state index contributed by atoms with van der Waals surface area (Å²) in [6, 6.07) is 11.6. The number of benzene rings is 2. The van der Waals surface area contributed by atoms with Crippen molar-refractivity contribution in [3.05, 3.63) is 98.6 Å². The second-order valence-corrected chi connectivity index (χ2v) is 11.1. The molecular weight excluding hydrogens is 542 g/mol. The molecule has 1 saturated heterocycles. The maximum atomic E-state index is 14.4. The van der Waals surface area contributed by atoms with Gasteiger partial charge in [0.05, 0.1) is 16.9 Å². The molecule has 0 saturated carbocycles. The number of rotatable bonds is 4. The number of likely N-dealkylation sites (tertiary alicyclic amines) is 1. The van der Waals surface area contributed by atoms with Gasteiger partial charge in [-0.2, -0.15) is 4.39 Å². The Bertz CT molecular complexity index is 1790. The number of nitrogens with one attached hydrogen (secondary N) is 1. The molecule has 0 aliphatic carbocycles. The molecule has 42 heavy (non-hydrogen) atoms. The zero-order chi connectivity index (χ0) is 29.7. The number of halogens is 2. The van der Waals surface area contributed by atoms with Gasteiger partial charge in [-0.15, -0.1) is 0 Å². The highest BCUT2D eigenvalue weighted by Crippen LogP contribution is 2.35. The number of hydrogen-bond donors (Lipinski definition) is 1. The van der Waals surface area contributed by atoms with E-state index in [1.807, 2.05) is 36.9 Å². The van der Waals surface area contributed by atoms with Gasteiger partial charge in [-0.1, -0.05) is 18.2 Å². The summed E-state index contributed by atoms with van der Waals surface area (Å²) in [5.74, 6) is -3.12. The quantitative estimate of drug-likeness (QED) is 0.348. The van der Waals surface area contributed by atoms with Crippen molar-refractivity contribution in [3.8, 4) is 5.75 Å². The van der Waals surface area contributed by atoms with Crippen LogP contribution in [0.3, 0.4) is 0 Å². The molecule has 6 rings (SSSR count). The number of piperidine rings is 1. The number of amides is 2. The Balaban J connectivity index is 1.15. The van der Waals surface area contributed by atoms with Crippen LogP contribution in [0, 0.1) is 25.5 Å². The fourth-order valence-corrected chi connectivity index (χ4v) is 5.72. The smallest absolute Gasteiger partial charge is 0.272 e. The number of carbonyl (C=O) groups excluding carboxylic acids is 2. The van der Waals surface area contributed by atoms with Crippen molar-refractivity contribution in [2.45, 2.75) is 45.6 Å². The third-order valence-corrected chi connectivity index (χ3v) is 8.35. The van der Waals surface area contributed by atoms with E-state index in [2.05, 4.69) is 10.3 Å². The van der Waals surface area contributed by atoms with Crippen LogP contribution in [0.1, 0.15) is 69.4 Å². The first-order valence-electron chi connectivity index (χ1n) is 14.0. The lowest BCUT2D eigenvalue weighted by Crippen LogP contribution is -2.38. The highest BCUT2D eigenvalue weighted by Gasteiger charge is 2.29. The van der Waals surface area contributed by atoms with Crippen LogP contribution in [-0.4, -0.2) is 46.0 Å². The number of aromatic nitrogens is 2. The van der Waals surface area contributed by atoms with Gasteiger partial charge in [-0.3, -0.25) is 14.4 Å². The first kappa shape index (κ1) is 27.6. The molecule has 0 spiro atoms. The molecule has 1 N–H and O–H groups in total. The topological polar surface area (TPSA) is 93.5 Å². The predicted octanol–water partition coefficient (Wildman–Crippen LogP) is 5.52. The standard InChI is InChI=1S/C32H30F2N4O4/c1-17-4-9-26(35-19(17)3)32(41)37-12-10-21(11-13-37)20-5-7-22(8-6-20)36-31(40)24-15-38-18(2)16-42-30-27(34)25(33)14-23(28(30)38)29(24)39/h4-9,14-15,18,21H,10-13,16H2,1-3H3,(H,36,40)/t18-/m0/s1. The number of hydrogen-bond acceptors (Lipinski definition) is 5. The van der Waals surface area contributed by atoms with E-state index in [0.717, 1.165) is 35.7 Å². The fourth-order valence-electron chi connectivity index (χ4n) is 5.72. The maximum absolute atomic E-state index is 14.4. The molecule has 0 unspecified atom stereocenters. The minimum Gasteiger partial charge on any atom is -0.486 e. The molecule has 1 atom stereocenters. The molecule has 1 fully saturated rings. The molecule has 2 aromatic heterocycles. The Morgan fingerprint density at radius 3 is 2.45 bits per heavy atom. The Morgan fingerprint density at radius 2 is 1.76 bits per heavy atom. The Hall–Kier alpha value is -4.60. The summed E-state index contributed by atoms with van der Waals surface area (Å²) in [5, 5.41) is 2.64. The van der Waals surface area contributed by atoms with Crippen LogP contribution in [0.15, 0.2) is 53.5 Å². The second-order valence-electron chi connectivity index (χ2n) is 11.1. The molecule has 4 aromatic rings. The first-order valence-corrected chi connectivity index (χ1v) is 14.0. The molecular formula is C32H30F2N4O4. The lowest BCUT2D eigenvalue weighted by Gasteiger charge is -2.32. The SMILES string of the molecule is Cc1ccc(C(=O)N2CCC(c3ccc(NC(=O)c4cn5c6c(c(F)c(F)cc6c4=O)OC[C@@H]5C)cc3)CC2)nc1C. The molecule has 0 bridgehead atoms. The highest BCUT2D eigenvalue weighted by molar-refractivity contribution is 6.06. The average molecular weight is 573 g/mol. The average Bonchev–Trinajstić information content (AvgIpc) is 2.99. The van der Waals surface area contributed by atoms with Crippen molar-refractivity contribution >= 4 is 28.4 Å². The maximum Gasteiger partial charge on any atom is 0.272 e. The van der Waals surface area contributed by atoms with Gasteiger partial charge in [0.2, 0.25) is 11.2 Å². The summed E-state index contributed by atoms with van der Waals surface area (Å²) in [6.07, 6.45) is 2.99. The van der Waals surface area contributed by atoms with Crippen LogP contribution in [-0.2, 0) is 0 Å². The highest BCUT2D eigenvalue weighted by atomic mass is 19.2. The van der Waals surface area contributed by atoms with Crippen molar-refractivity contribution in [1.82, 2.24) is 14.5 Å². The fraction of sp³-hybridized carbons (Fsp3) is 0.312. The number of carbonyl (C=O) groups is 2. The summed E-state index contributed by atoms with van der Waals surface area (Å²) in [5.41, 5.74) is 3.22. The zero-order valence-electron chi connectivity index (χ0n) is 23.5. The third kappa shape index (κ3) is 4.80. The van der Waals surface area contributed by atoms with Gasteiger partial charge in [0, 0.05) is 30.7 Å². The second kappa shape index (κ2) is 10.7. The molecule has 0 radical (unpaired) electrons. The molecule has 2 amide bonds. The van der Waals surface area contributed by atoms with Crippen LogP contribution >= 0.6 is 0 Å². The van der Waals surface area contributed by atoms with Crippen LogP contribution < -0.4 is 15.5 Å². The molecule has 2 aliphatic heterocycles. The van der Waals surface area contributed by atoms with E-state index in [0.29, 0.717) is 24.5 Å². The summed E-state index contributed by atoms with van der Waals surface area (Å²) < 4.78 is 35.6. The summed E-state index contributed by atoms with van der Waals surface area (Å²) in [4.78, 5) is 45.6. The Kier molecular flexibility index (Phi) is 7.00. The van der Waals surface area contributed by atoms with Gasteiger partial charge in [-0.25, -0.2) is 9.37 Å². The summed E-state index contributed by atoms with van der Waals surface area (Å²) >= 11 is 0. The number of aryl methyl sites for hydroxylation is 2. The van der Waals surface area contributed by atoms with Crippen LogP contribution in [0.25, 0.3) is 10.9 Å². The number of pyridine rings is 2. The van der Waals surface area contributed by atoms with E-state index in [1.165, 1.54) is 6.20 Å². The van der Waals surface area contributed by atoms with Gasteiger partial charge in [-0.05, 0) is 74.9 Å². The molecule has 216 valence electrons. The van der Waals surface area contributed by atoms with Gasteiger partial charge >= 0.3 is 0 Å². The lowest BCUT2D eigenvalue weighted by molar-refractivity contribution is 0.0706. The van der Waals surface area contributed by atoms with Crippen LogP contribution in [0.2, 0.25) is 0 Å². The van der Waals surface area contributed by atoms with Crippen LogP contribution in [0.5, 0.6) is 5.75 Å². The van der Waals surface area contributed by atoms with E-state index in [9.17, 15) is 23.2 Å². The molecule has 4 heterocycles. The largest absolute Gasteiger partial charge is 0.486 e. The van der Waals surface area contributed by atoms with Gasteiger partial charge in [0.25, 0.3) is 11.8 Å². The summed E-state index contributed by atoms with van der Waals surface area (Å²) in [7, 11) is 0. The third-order valence-electron chi connectivity index (χ3n) is 8.35. The first-order chi connectivity index (χ1) is 20.1. The summed E-state index contributed by atoms with van der Waals surface area (Å²) in [6.45, 7) is 6.99. The van der Waals surface area contributed by atoms with Gasteiger partial charge in [0.15, 0.2) is 11.6 Å². The monoisotopic (exact) mass is 572 g/mol. The Labute approximate surface area is 240 Å². The minimum atomic E-state index is -1.21. The van der Waals surface area contributed by atoms with E-state index in [-0.39, 0.29) is 46.7 Å².